The molecule has 4 heteroatoms. The second-order valence-corrected chi connectivity index (χ2v) is 6.03. The highest BCUT2D eigenvalue weighted by Crippen LogP contribution is 2.33. The van der Waals surface area contributed by atoms with Crippen LogP contribution in [0.1, 0.15) is 32.6 Å². The first kappa shape index (κ1) is 13.8. The van der Waals surface area contributed by atoms with Crippen molar-refractivity contribution in [3.05, 3.63) is 0 Å². The first-order valence-electron chi connectivity index (χ1n) is 7.32. The fraction of sp³-hybridized carbons (Fsp3) is 0.929. The van der Waals surface area contributed by atoms with Crippen molar-refractivity contribution in [1.29, 1.82) is 0 Å². The summed E-state index contributed by atoms with van der Waals surface area (Å²) < 4.78 is 0. The van der Waals surface area contributed by atoms with Crippen molar-refractivity contribution in [3.63, 3.8) is 0 Å². The zero-order valence-electron chi connectivity index (χ0n) is 11.8. The Kier molecular flexibility index (Phi) is 4.62. The highest BCUT2D eigenvalue weighted by Gasteiger charge is 2.36. The molecule has 4 nitrogen and oxygen atoms in total. The van der Waals surface area contributed by atoms with Crippen LogP contribution in [0.3, 0.4) is 0 Å². The lowest BCUT2D eigenvalue weighted by molar-refractivity contribution is -0.138. The Labute approximate surface area is 110 Å². The van der Waals surface area contributed by atoms with Crippen LogP contribution in [0.5, 0.6) is 0 Å². The van der Waals surface area contributed by atoms with Crippen molar-refractivity contribution in [1.82, 2.24) is 9.80 Å². The van der Waals surface area contributed by atoms with E-state index in [1.54, 1.807) is 0 Å². The fourth-order valence-corrected chi connectivity index (χ4v) is 3.56. The summed E-state index contributed by atoms with van der Waals surface area (Å²) in [6.07, 6.45) is 4.43. The van der Waals surface area contributed by atoms with E-state index in [-0.39, 0.29) is 5.92 Å². The summed E-state index contributed by atoms with van der Waals surface area (Å²) in [6.45, 7) is 5.84. The van der Waals surface area contributed by atoms with E-state index in [0.717, 1.165) is 38.9 Å². The number of carbonyl (C=O) groups excluding carboxylic acids is 1. The highest BCUT2D eigenvalue weighted by molar-refractivity contribution is 5.79. The van der Waals surface area contributed by atoms with Crippen molar-refractivity contribution < 1.29 is 4.79 Å². The molecule has 1 aliphatic heterocycles. The van der Waals surface area contributed by atoms with E-state index in [9.17, 15) is 4.79 Å². The zero-order chi connectivity index (χ0) is 13.1. The van der Waals surface area contributed by atoms with Gasteiger partial charge in [-0.3, -0.25) is 4.79 Å². The molecule has 0 spiro atoms. The number of carbonyl (C=O) groups is 1. The summed E-state index contributed by atoms with van der Waals surface area (Å²) in [6, 6.07) is 0.337. The third-order valence-corrected chi connectivity index (χ3v) is 4.61. The van der Waals surface area contributed by atoms with E-state index in [2.05, 4.69) is 23.8 Å². The molecule has 2 aliphatic rings. The summed E-state index contributed by atoms with van der Waals surface area (Å²) in [5.41, 5.74) is 5.80. The molecule has 1 heterocycles. The van der Waals surface area contributed by atoms with Crippen molar-refractivity contribution >= 4 is 5.91 Å². The Hall–Kier alpha value is -0.610. The maximum absolute atomic E-state index is 12.7. The number of amides is 1. The van der Waals surface area contributed by atoms with E-state index in [1.807, 2.05) is 0 Å². The molecule has 2 fully saturated rings. The van der Waals surface area contributed by atoms with Crippen LogP contribution in [0.4, 0.5) is 0 Å². The molecule has 1 saturated carbocycles. The third-order valence-electron chi connectivity index (χ3n) is 4.61. The molecule has 18 heavy (non-hydrogen) atoms. The van der Waals surface area contributed by atoms with Gasteiger partial charge in [0.25, 0.3) is 0 Å². The van der Waals surface area contributed by atoms with Crippen LogP contribution in [0.15, 0.2) is 0 Å². The lowest BCUT2D eigenvalue weighted by Gasteiger charge is -2.32. The van der Waals surface area contributed by atoms with Crippen LogP contribution in [0, 0.1) is 11.8 Å². The van der Waals surface area contributed by atoms with Gasteiger partial charge in [-0.1, -0.05) is 6.42 Å². The Morgan fingerprint density at radius 1 is 1.28 bits per heavy atom. The molecule has 104 valence electrons. The topological polar surface area (TPSA) is 49.6 Å². The van der Waals surface area contributed by atoms with Gasteiger partial charge in [-0.25, -0.2) is 0 Å². The number of hydrogen-bond acceptors (Lipinski definition) is 3. The predicted molar refractivity (Wildman–Crippen MR) is 73.2 cm³/mol. The smallest absolute Gasteiger partial charge is 0.226 e. The molecule has 2 N–H and O–H groups in total. The molecule has 0 aromatic carbocycles. The summed E-state index contributed by atoms with van der Waals surface area (Å²) in [5, 5.41) is 0. The molecule has 2 rings (SSSR count). The lowest BCUT2D eigenvalue weighted by Crippen LogP contribution is -2.46. The van der Waals surface area contributed by atoms with Gasteiger partial charge < -0.3 is 15.5 Å². The van der Waals surface area contributed by atoms with Gasteiger partial charge in [-0.2, -0.15) is 0 Å². The lowest BCUT2D eigenvalue weighted by atomic mass is 9.94. The number of likely N-dealkylation sites (N-methyl/N-ethyl adjacent to an activating group) is 1. The number of nitrogens with zero attached hydrogens (tertiary/aromatic N) is 2. The quantitative estimate of drug-likeness (QED) is 0.796. The molecule has 0 bridgehead atoms. The van der Waals surface area contributed by atoms with Crippen molar-refractivity contribution in [2.24, 2.45) is 17.6 Å². The van der Waals surface area contributed by atoms with Gasteiger partial charge in [-0.05, 0) is 52.2 Å². The molecule has 3 atom stereocenters. The van der Waals surface area contributed by atoms with Gasteiger partial charge in [-0.15, -0.1) is 0 Å². The Balaban J connectivity index is 2.02. The normalized spacial score (nSPS) is 34.6. The molecular weight excluding hydrogens is 226 g/mol. The van der Waals surface area contributed by atoms with Gasteiger partial charge in [0.2, 0.25) is 5.91 Å². The van der Waals surface area contributed by atoms with E-state index in [4.69, 9.17) is 5.73 Å². The first-order chi connectivity index (χ1) is 8.63. The largest absolute Gasteiger partial charge is 0.338 e. The predicted octanol–water partition coefficient (Wildman–Crippen LogP) is 0.914. The summed E-state index contributed by atoms with van der Waals surface area (Å²) >= 11 is 0. The Morgan fingerprint density at radius 3 is 2.78 bits per heavy atom. The molecule has 0 radical (unpaired) electrons. The molecule has 0 aromatic rings. The number of hydrogen-bond donors (Lipinski definition) is 1. The Morgan fingerprint density at radius 2 is 2.06 bits per heavy atom. The maximum atomic E-state index is 12.7. The molecule has 1 saturated heterocycles. The van der Waals surface area contributed by atoms with Crippen LogP contribution in [0.25, 0.3) is 0 Å². The molecule has 3 unspecified atom stereocenters. The second-order valence-electron chi connectivity index (χ2n) is 6.03. The average Bonchev–Trinajstić information content (AvgIpc) is 2.75. The molecule has 0 aromatic heterocycles. The van der Waals surface area contributed by atoms with Crippen molar-refractivity contribution in [3.8, 4) is 0 Å². The molecule has 1 aliphatic carbocycles. The van der Waals surface area contributed by atoms with Crippen LogP contribution in [-0.2, 0) is 4.79 Å². The van der Waals surface area contributed by atoms with Gasteiger partial charge >= 0.3 is 0 Å². The van der Waals surface area contributed by atoms with Crippen LogP contribution >= 0.6 is 0 Å². The number of rotatable bonds is 2. The van der Waals surface area contributed by atoms with Gasteiger partial charge in [0.15, 0.2) is 0 Å². The maximum Gasteiger partial charge on any atom is 0.226 e. The summed E-state index contributed by atoms with van der Waals surface area (Å²) in [4.78, 5) is 17.1. The molecule has 1 amide bonds. The highest BCUT2D eigenvalue weighted by atomic mass is 16.2. The summed E-state index contributed by atoms with van der Waals surface area (Å²) in [7, 11) is 2.14. The Bertz CT molecular complexity index is 295. The first-order valence-corrected chi connectivity index (χ1v) is 7.32. The van der Waals surface area contributed by atoms with E-state index < -0.39 is 0 Å². The van der Waals surface area contributed by atoms with Crippen LogP contribution in [0.2, 0.25) is 0 Å². The number of nitrogens with two attached hydrogens (primary N) is 1. The minimum atomic E-state index is 0.195. The van der Waals surface area contributed by atoms with Gasteiger partial charge in [0, 0.05) is 25.0 Å². The van der Waals surface area contributed by atoms with Crippen molar-refractivity contribution in [2.75, 3.05) is 33.2 Å². The second kappa shape index (κ2) is 6.02. The SMILES string of the molecule is CC1CN(C)CCCN1C(=O)C1CCCC1CN. The van der Waals surface area contributed by atoms with E-state index in [1.165, 1.54) is 6.42 Å². The average molecular weight is 253 g/mol. The van der Waals surface area contributed by atoms with E-state index >= 15 is 0 Å². The van der Waals surface area contributed by atoms with Crippen LogP contribution < -0.4 is 5.73 Å². The van der Waals surface area contributed by atoms with Gasteiger partial charge in [0.05, 0.1) is 0 Å². The monoisotopic (exact) mass is 253 g/mol. The standard InChI is InChI=1S/C14H27N3O/c1-11-10-16(2)7-4-8-17(11)14(18)13-6-3-5-12(13)9-15/h11-13H,3-10,15H2,1-2H3. The summed E-state index contributed by atoms with van der Waals surface area (Å²) in [5.74, 6) is 0.984. The van der Waals surface area contributed by atoms with E-state index in [0.29, 0.717) is 24.4 Å². The van der Waals surface area contributed by atoms with Crippen molar-refractivity contribution in [2.45, 2.75) is 38.6 Å². The van der Waals surface area contributed by atoms with Gasteiger partial charge in [0.1, 0.15) is 0 Å². The zero-order valence-corrected chi connectivity index (χ0v) is 11.8. The molecular formula is C14H27N3O. The minimum absolute atomic E-state index is 0.195. The third kappa shape index (κ3) is 2.86. The fourth-order valence-electron chi connectivity index (χ4n) is 3.56. The van der Waals surface area contributed by atoms with Crippen LogP contribution in [-0.4, -0.2) is 55.0 Å². The minimum Gasteiger partial charge on any atom is -0.338 e.